The molecule has 1 aromatic rings. The molecule has 1 rings (SSSR count). The van der Waals surface area contributed by atoms with Gasteiger partial charge in [0, 0.05) is 13.0 Å². The second-order valence-corrected chi connectivity index (χ2v) is 6.34. The maximum absolute atomic E-state index is 10.6. The zero-order chi connectivity index (χ0) is 13.8. The van der Waals surface area contributed by atoms with E-state index in [9.17, 15) is 4.79 Å². The molecule has 0 saturated carbocycles. The summed E-state index contributed by atoms with van der Waals surface area (Å²) in [6, 6.07) is 0. The van der Waals surface area contributed by atoms with Crippen molar-refractivity contribution in [1.82, 2.24) is 14.8 Å². The van der Waals surface area contributed by atoms with Crippen LogP contribution in [-0.4, -0.2) is 31.6 Å². The van der Waals surface area contributed by atoms with Crippen molar-refractivity contribution in [2.75, 3.05) is 5.75 Å². The molecule has 18 heavy (non-hydrogen) atoms. The van der Waals surface area contributed by atoms with E-state index in [-0.39, 0.29) is 11.2 Å². The third-order valence-corrected chi connectivity index (χ3v) is 3.47. The Bertz CT molecular complexity index is 410. The summed E-state index contributed by atoms with van der Waals surface area (Å²) in [5.74, 6) is 0.118. The van der Waals surface area contributed by atoms with Crippen LogP contribution in [0.25, 0.3) is 0 Å². The molecule has 0 saturated heterocycles. The van der Waals surface area contributed by atoms with Crippen molar-refractivity contribution in [3.8, 4) is 0 Å². The Labute approximate surface area is 112 Å². The number of carbonyl (C=O) groups is 1. The Morgan fingerprint density at radius 3 is 2.56 bits per heavy atom. The van der Waals surface area contributed by atoms with Crippen molar-refractivity contribution < 1.29 is 9.90 Å². The monoisotopic (exact) mass is 271 g/mol. The number of nitrogens with zero attached hydrogens (tertiary/aromatic N) is 3. The molecule has 0 aliphatic heterocycles. The van der Waals surface area contributed by atoms with Gasteiger partial charge in [0.05, 0.1) is 5.75 Å². The van der Waals surface area contributed by atoms with Crippen LogP contribution in [0.15, 0.2) is 5.16 Å². The van der Waals surface area contributed by atoms with Gasteiger partial charge in [-0.3, -0.25) is 4.79 Å². The van der Waals surface area contributed by atoms with Crippen molar-refractivity contribution in [1.29, 1.82) is 0 Å². The Hall–Kier alpha value is -1.04. The van der Waals surface area contributed by atoms with Gasteiger partial charge in [0.15, 0.2) is 5.16 Å². The van der Waals surface area contributed by atoms with E-state index in [1.807, 2.05) is 11.5 Å². The smallest absolute Gasteiger partial charge is 0.313 e. The number of aryl methyl sites for hydroxylation is 1. The maximum Gasteiger partial charge on any atom is 0.313 e. The van der Waals surface area contributed by atoms with Gasteiger partial charge in [-0.25, -0.2) is 0 Å². The first-order valence-corrected chi connectivity index (χ1v) is 7.08. The van der Waals surface area contributed by atoms with Gasteiger partial charge < -0.3 is 9.67 Å². The fourth-order valence-electron chi connectivity index (χ4n) is 1.49. The van der Waals surface area contributed by atoms with Crippen LogP contribution in [0.5, 0.6) is 0 Å². The normalized spacial score (nSPS) is 11.8. The van der Waals surface area contributed by atoms with Crippen molar-refractivity contribution >= 4 is 17.7 Å². The minimum atomic E-state index is -0.830. The van der Waals surface area contributed by atoms with E-state index in [4.69, 9.17) is 5.11 Å². The molecule has 0 amide bonds. The molecule has 0 atom stereocenters. The van der Waals surface area contributed by atoms with Crippen LogP contribution in [0.1, 0.15) is 39.9 Å². The molecular weight excluding hydrogens is 250 g/mol. The average molecular weight is 271 g/mol. The molecule has 0 unspecified atom stereocenters. The molecule has 0 spiro atoms. The van der Waals surface area contributed by atoms with E-state index in [2.05, 4.69) is 31.0 Å². The molecule has 6 heteroatoms. The van der Waals surface area contributed by atoms with Crippen molar-refractivity contribution in [3.05, 3.63) is 5.82 Å². The number of rotatable bonds is 6. The van der Waals surface area contributed by atoms with Crippen LogP contribution >= 0.6 is 11.8 Å². The average Bonchev–Trinajstić information content (AvgIpc) is 2.64. The van der Waals surface area contributed by atoms with Crippen molar-refractivity contribution in [2.24, 2.45) is 5.41 Å². The fourth-order valence-corrected chi connectivity index (χ4v) is 2.19. The Kier molecular flexibility index (Phi) is 5.19. The molecule has 0 aromatic carbocycles. The molecule has 0 bridgehead atoms. The third kappa shape index (κ3) is 4.68. The van der Waals surface area contributed by atoms with Gasteiger partial charge in [0.25, 0.3) is 0 Å². The van der Waals surface area contributed by atoms with E-state index >= 15 is 0 Å². The summed E-state index contributed by atoms with van der Waals surface area (Å²) in [5.41, 5.74) is 0.240. The first kappa shape index (κ1) is 15.0. The highest BCUT2D eigenvalue weighted by Crippen LogP contribution is 2.23. The summed E-state index contributed by atoms with van der Waals surface area (Å²) in [6.07, 6.45) is 1.82. The summed E-state index contributed by atoms with van der Waals surface area (Å²) < 4.78 is 2.04. The Balaban J connectivity index is 2.78. The zero-order valence-corrected chi connectivity index (χ0v) is 12.3. The van der Waals surface area contributed by atoms with Gasteiger partial charge in [-0.15, -0.1) is 10.2 Å². The second kappa shape index (κ2) is 6.22. The molecular formula is C12H21N3O2S. The minimum Gasteiger partial charge on any atom is -0.481 e. The predicted octanol–water partition coefficient (Wildman–Crippen LogP) is 2.45. The summed E-state index contributed by atoms with van der Waals surface area (Å²) in [7, 11) is 0. The van der Waals surface area contributed by atoms with Crippen LogP contribution in [-0.2, 0) is 17.8 Å². The first-order valence-electron chi connectivity index (χ1n) is 6.10. The number of hydrogen-bond acceptors (Lipinski definition) is 4. The predicted molar refractivity (Wildman–Crippen MR) is 71.8 cm³/mol. The maximum atomic E-state index is 10.6. The zero-order valence-electron chi connectivity index (χ0n) is 11.4. The Morgan fingerprint density at radius 1 is 1.39 bits per heavy atom. The SMILES string of the molecule is CCc1nnc(SCC(=O)O)n1CCC(C)(C)C. The lowest BCUT2D eigenvalue weighted by Gasteiger charge is -2.19. The molecule has 1 heterocycles. The van der Waals surface area contributed by atoms with Crippen LogP contribution in [0.4, 0.5) is 0 Å². The molecule has 0 aliphatic carbocycles. The van der Waals surface area contributed by atoms with Gasteiger partial charge in [-0.1, -0.05) is 39.5 Å². The van der Waals surface area contributed by atoms with E-state index in [1.165, 1.54) is 11.8 Å². The Morgan fingerprint density at radius 2 is 2.06 bits per heavy atom. The van der Waals surface area contributed by atoms with Crippen molar-refractivity contribution in [2.45, 2.75) is 52.2 Å². The standard InChI is InChI=1S/C12H21N3O2S/c1-5-9-13-14-11(18-8-10(16)17)15(9)7-6-12(2,3)4/h5-8H2,1-4H3,(H,16,17). The molecule has 0 radical (unpaired) electrons. The van der Waals surface area contributed by atoms with Gasteiger partial charge in [-0.05, 0) is 11.8 Å². The van der Waals surface area contributed by atoms with Crippen LogP contribution in [0.2, 0.25) is 0 Å². The highest BCUT2D eigenvalue weighted by atomic mass is 32.2. The quantitative estimate of drug-likeness (QED) is 0.805. The molecule has 0 aliphatic rings. The second-order valence-electron chi connectivity index (χ2n) is 5.40. The lowest BCUT2D eigenvalue weighted by molar-refractivity contribution is -0.133. The number of thioether (sulfide) groups is 1. The van der Waals surface area contributed by atoms with Crippen molar-refractivity contribution in [3.63, 3.8) is 0 Å². The summed E-state index contributed by atoms with van der Waals surface area (Å²) in [4.78, 5) is 10.6. The van der Waals surface area contributed by atoms with Gasteiger partial charge in [-0.2, -0.15) is 0 Å². The minimum absolute atomic E-state index is 0.0252. The fraction of sp³-hybridized carbons (Fsp3) is 0.750. The lowest BCUT2D eigenvalue weighted by Crippen LogP contribution is -2.13. The van der Waals surface area contributed by atoms with Gasteiger partial charge in [0.2, 0.25) is 0 Å². The molecule has 0 fully saturated rings. The van der Waals surface area contributed by atoms with E-state index < -0.39 is 5.97 Å². The highest BCUT2D eigenvalue weighted by Gasteiger charge is 2.16. The molecule has 102 valence electrons. The molecule has 5 nitrogen and oxygen atoms in total. The third-order valence-electron chi connectivity index (χ3n) is 2.52. The summed E-state index contributed by atoms with van der Waals surface area (Å²) in [5, 5.41) is 17.6. The molecule has 1 aromatic heterocycles. The number of aliphatic carboxylic acids is 1. The van der Waals surface area contributed by atoms with Gasteiger partial charge >= 0.3 is 5.97 Å². The largest absolute Gasteiger partial charge is 0.481 e. The lowest BCUT2D eigenvalue weighted by atomic mass is 9.92. The van der Waals surface area contributed by atoms with Crippen LogP contribution in [0, 0.1) is 5.41 Å². The van der Waals surface area contributed by atoms with Gasteiger partial charge in [0.1, 0.15) is 5.82 Å². The number of hydrogen-bond donors (Lipinski definition) is 1. The van der Waals surface area contributed by atoms with Crippen LogP contribution in [0.3, 0.4) is 0 Å². The number of carboxylic acid groups (broad SMARTS) is 1. The summed E-state index contributed by atoms with van der Waals surface area (Å²) >= 11 is 1.23. The van der Waals surface area contributed by atoms with E-state index in [1.54, 1.807) is 0 Å². The van der Waals surface area contributed by atoms with E-state index in [0.29, 0.717) is 5.16 Å². The first-order chi connectivity index (χ1) is 8.33. The van der Waals surface area contributed by atoms with Crippen LogP contribution < -0.4 is 0 Å². The molecule has 1 N–H and O–H groups in total. The summed E-state index contributed by atoms with van der Waals surface area (Å²) in [6.45, 7) is 9.43. The number of carboxylic acids is 1. The highest BCUT2D eigenvalue weighted by molar-refractivity contribution is 7.99. The number of aromatic nitrogens is 3. The topological polar surface area (TPSA) is 68.0 Å². The van der Waals surface area contributed by atoms with E-state index in [0.717, 1.165) is 25.2 Å².